The van der Waals surface area contributed by atoms with Crippen LogP contribution in [0.1, 0.15) is 11.3 Å². The van der Waals surface area contributed by atoms with E-state index in [1.807, 2.05) is 31.2 Å². The number of benzene rings is 2. The zero-order valence-electron chi connectivity index (χ0n) is 17.8. The number of aryl methyl sites for hydroxylation is 1. The van der Waals surface area contributed by atoms with Crippen LogP contribution in [0.3, 0.4) is 0 Å². The van der Waals surface area contributed by atoms with E-state index in [1.54, 1.807) is 41.3 Å². The second-order valence-corrected chi connectivity index (χ2v) is 9.89. The molecule has 1 aliphatic heterocycles. The zero-order chi connectivity index (χ0) is 23.6. The van der Waals surface area contributed by atoms with Gasteiger partial charge in [-0.05, 0) is 67.2 Å². The Morgan fingerprint density at radius 1 is 1.09 bits per heavy atom. The zero-order valence-corrected chi connectivity index (χ0v) is 19.4. The van der Waals surface area contributed by atoms with Crippen LogP contribution in [-0.2, 0) is 14.8 Å². The molecule has 168 valence electrons. The number of furan rings is 1. The van der Waals surface area contributed by atoms with E-state index in [0.717, 1.165) is 11.3 Å². The fourth-order valence-corrected chi connectivity index (χ4v) is 4.64. The van der Waals surface area contributed by atoms with Gasteiger partial charge in [-0.25, -0.2) is 18.5 Å². The first kappa shape index (κ1) is 22.8. The molecule has 1 fully saturated rings. The third kappa shape index (κ3) is 5.16. The molecule has 2 heterocycles. The quantitative estimate of drug-likeness (QED) is 0.408. The minimum absolute atomic E-state index is 0.0239. The predicted molar refractivity (Wildman–Crippen MR) is 131 cm³/mol. The van der Waals surface area contributed by atoms with E-state index >= 15 is 0 Å². The minimum atomic E-state index is -3.76. The highest BCUT2D eigenvalue weighted by Crippen LogP contribution is 2.35. The third-order valence-electron chi connectivity index (χ3n) is 4.83. The molecule has 9 heteroatoms. The topological polar surface area (TPSA) is 106 Å². The number of carbonyl (C=O) groups is 1. The number of hydrogen-bond acceptors (Lipinski definition) is 6. The molecule has 1 aliphatic rings. The molecule has 0 bridgehead atoms. The number of hydrogen-bond donors (Lipinski definition) is 1. The summed E-state index contributed by atoms with van der Waals surface area (Å²) >= 11 is 1.27. The molecule has 2 N–H and O–H groups in total. The lowest BCUT2D eigenvalue weighted by Crippen LogP contribution is -2.29. The van der Waals surface area contributed by atoms with Gasteiger partial charge in [0.05, 0.1) is 15.5 Å². The van der Waals surface area contributed by atoms with E-state index in [-0.39, 0.29) is 10.8 Å². The molecule has 1 saturated heterocycles. The predicted octanol–water partition coefficient (Wildman–Crippen LogP) is 4.69. The highest BCUT2D eigenvalue weighted by molar-refractivity contribution is 8.18. The average Bonchev–Trinajstić information content (AvgIpc) is 3.36. The summed E-state index contributed by atoms with van der Waals surface area (Å²) < 4.78 is 28.7. The maximum Gasteiger partial charge on any atom is 0.267 e. The summed E-state index contributed by atoms with van der Waals surface area (Å²) in [5.41, 5.74) is 2.58. The average molecular weight is 480 g/mol. The van der Waals surface area contributed by atoms with Gasteiger partial charge in [0.15, 0.2) is 5.17 Å². The number of thioether (sulfide) groups is 1. The number of amidine groups is 1. The van der Waals surface area contributed by atoms with Gasteiger partial charge in [0, 0.05) is 18.2 Å². The Kier molecular flexibility index (Phi) is 6.37. The van der Waals surface area contributed by atoms with Crippen molar-refractivity contribution in [2.24, 2.45) is 10.1 Å². The number of amides is 1. The highest BCUT2D eigenvalue weighted by atomic mass is 32.2. The molecule has 3 aromatic rings. The Balaban J connectivity index is 1.60. The summed E-state index contributed by atoms with van der Waals surface area (Å²) in [4.78, 5) is 19.7. The van der Waals surface area contributed by atoms with Gasteiger partial charge in [-0.15, -0.1) is 6.58 Å². The molecule has 1 amide bonds. The number of nitrogens with zero attached hydrogens (tertiary/aromatic N) is 2. The van der Waals surface area contributed by atoms with Crippen LogP contribution >= 0.6 is 11.8 Å². The number of rotatable bonds is 6. The number of aliphatic imine (C=N–C) groups is 1. The van der Waals surface area contributed by atoms with Gasteiger partial charge >= 0.3 is 0 Å². The van der Waals surface area contributed by atoms with Crippen molar-refractivity contribution >= 4 is 44.6 Å². The normalized spacial score (nSPS) is 16.7. The summed E-state index contributed by atoms with van der Waals surface area (Å²) in [6.45, 7) is 6.08. The molecule has 0 radical (unpaired) electrons. The SMILES string of the molecule is C=CCN1C(=O)C(=Cc2ccc(-c3ccc(S(N)(=O)=O)cc3)o2)SC1=Nc1ccc(C)cc1. The van der Waals surface area contributed by atoms with Gasteiger partial charge in [-0.2, -0.15) is 0 Å². The van der Waals surface area contributed by atoms with Crippen LogP contribution in [-0.4, -0.2) is 30.9 Å². The van der Waals surface area contributed by atoms with Crippen molar-refractivity contribution in [2.45, 2.75) is 11.8 Å². The second kappa shape index (κ2) is 9.22. The van der Waals surface area contributed by atoms with Gasteiger partial charge in [0.2, 0.25) is 10.0 Å². The lowest BCUT2D eigenvalue weighted by Gasteiger charge is -2.12. The Hall–Kier alpha value is -3.40. The molecule has 0 aliphatic carbocycles. The maximum atomic E-state index is 13.0. The Bertz CT molecular complexity index is 1370. The molecule has 1 aromatic heterocycles. The third-order valence-corrected chi connectivity index (χ3v) is 6.76. The molecule has 0 atom stereocenters. The smallest absolute Gasteiger partial charge is 0.267 e. The van der Waals surface area contributed by atoms with Crippen molar-refractivity contribution in [3.8, 4) is 11.3 Å². The maximum absolute atomic E-state index is 13.0. The monoisotopic (exact) mass is 479 g/mol. The van der Waals surface area contributed by atoms with Gasteiger partial charge in [0.1, 0.15) is 11.5 Å². The van der Waals surface area contributed by atoms with E-state index in [1.165, 1.54) is 23.9 Å². The number of carbonyl (C=O) groups excluding carboxylic acids is 1. The molecular weight excluding hydrogens is 458 g/mol. The van der Waals surface area contributed by atoms with Gasteiger partial charge in [-0.1, -0.05) is 23.8 Å². The van der Waals surface area contributed by atoms with Crippen molar-refractivity contribution in [3.05, 3.63) is 89.5 Å². The molecule has 0 unspecified atom stereocenters. The number of primary sulfonamides is 1. The fourth-order valence-electron chi connectivity index (χ4n) is 3.13. The van der Waals surface area contributed by atoms with Gasteiger partial charge in [0.25, 0.3) is 5.91 Å². The van der Waals surface area contributed by atoms with Crippen LogP contribution in [0.5, 0.6) is 0 Å². The fraction of sp³-hybridized carbons (Fsp3) is 0.0833. The molecule has 7 nitrogen and oxygen atoms in total. The molecule has 4 rings (SSSR count). The lowest BCUT2D eigenvalue weighted by atomic mass is 10.2. The van der Waals surface area contributed by atoms with Crippen molar-refractivity contribution in [1.82, 2.24) is 4.90 Å². The first-order valence-corrected chi connectivity index (χ1v) is 12.3. The molecule has 2 aromatic carbocycles. The Morgan fingerprint density at radius 3 is 2.42 bits per heavy atom. The molecule has 33 heavy (non-hydrogen) atoms. The molecular formula is C24H21N3O4S2. The summed E-state index contributed by atoms with van der Waals surface area (Å²) in [6.07, 6.45) is 3.32. The Labute approximate surface area is 196 Å². The molecule has 0 spiro atoms. The van der Waals surface area contributed by atoms with Crippen molar-refractivity contribution in [2.75, 3.05) is 6.54 Å². The van der Waals surface area contributed by atoms with E-state index < -0.39 is 10.0 Å². The first-order chi connectivity index (χ1) is 15.7. The summed E-state index contributed by atoms with van der Waals surface area (Å²) in [7, 11) is -3.76. The van der Waals surface area contributed by atoms with E-state index in [9.17, 15) is 13.2 Å². The summed E-state index contributed by atoms with van der Waals surface area (Å²) in [5.74, 6) is 0.850. The second-order valence-electron chi connectivity index (χ2n) is 7.32. The first-order valence-electron chi connectivity index (χ1n) is 9.95. The van der Waals surface area contributed by atoms with Crippen molar-refractivity contribution < 1.29 is 17.6 Å². The van der Waals surface area contributed by atoms with Crippen LogP contribution in [0.15, 0.2) is 92.5 Å². The van der Waals surface area contributed by atoms with Crippen LogP contribution in [0.25, 0.3) is 17.4 Å². The van der Waals surface area contributed by atoms with Crippen LogP contribution in [0, 0.1) is 6.92 Å². The summed E-state index contributed by atoms with van der Waals surface area (Å²) in [6, 6.07) is 17.3. The molecule has 0 saturated carbocycles. The summed E-state index contributed by atoms with van der Waals surface area (Å²) in [5, 5.41) is 5.71. The number of nitrogens with two attached hydrogens (primary N) is 1. The van der Waals surface area contributed by atoms with Crippen LogP contribution < -0.4 is 5.14 Å². The largest absolute Gasteiger partial charge is 0.457 e. The van der Waals surface area contributed by atoms with Gasteiger partial charge < -0.3 is 4.42 Å². The minimum Gasteiger partial charge on any atom is -0.457 e. The van der Waals surface area contributed by atoms with Crippen LogP contribution in [0.2, 0.25) is 0 Å². The van der Waals surface area contributed by atoms with E-state index in [0.29, 0.717) is 33.7 Å². The Morgan fingerprint density at radius 2 is 1.79 bits per heavy atom. The lowest BCUT2D eigenvalue weighted by molar-refractivity contribution is -0.121. The van der Waals surface area contributed by atoms with Crippen molar-refractivity contribution in [1.29, 1.82) is 0 Å². The van der Waals surface area contributed by atoms with E-state index in [2.05, 4.69) is 11.6 Å². The number of sulfonamides is 1. The van der Waals surface area contributed by atoms with Gasteiger partial charge in [-0.3, -0.25) is 9.69 Å². The van der Waals surface area contributed by atoms with E-state index in [4.69, 9.17) is 9.56 Å². The highest BCUT2D eigenvalue weighted by Gasteiger charge is 2.33. The standard InChI is InChI=1S/C24H21N3O4S2/c1-3-14-27-23(28)22(32-24(27)26-18-8-4-16(2)5-9-18)15-19-10-13-21(31-19)17-6-11-20(12-7-17)33(25,29)30/h3-13,15H,1,14H2,2H3,(H2,25,29,30). The van der Waals surface area contributed by atoms with Crippen molar-refractivity contribution in [3.63, 3.8) is 0 Å². The van der Waals surface area contributed by atoms with Crippen LogP contribution in [0.4, 0.5) is 5.69 Å².